The molecule has 0 radical (unpaired) electrons. The molecule has 3 rings (SSSR count). The average molecular weight is 412 g/mol. The first-order valence-electron chi connectivity index (χ1n) is 10.6. The maximum absolute atomic E-state index is 13.1. The topological polar surface area (TPSA) is 109 Å². The fraction of sp³-hybridized carbons (Fsp3) is 0.522. The lowest BCUT2D eigenvalue weighted by molar-refractivity contribution is -0.137. The molecule has 2 atom stereocenters. The van der Waals surface area contributed by atoms with Gasteiger partial charge in [-0.2, -0.15) is 0 Å². The molecule has 0 aromatic heterocycles. The van der Waals surface area contributed by atoms with E-state index in [9.17, 15) is 24.0 Å². The molecule has 30 heavy (non-hydrogen) atoms. The minimum absolute atomic E-state index is 0.101. The molecular weight excluding hydrogens is 384 g/mol. The van der Waals surface area contributed by atoms with Crippen molar-refractivity contribution in [3.8, 4) is 0 Å². The molecule has 1 fully saturated rings. The Morgan fingerprint density at radius 1 is 1.10 bits per heavy atom. The van der Waals surface area contributed by atoms with Crippen LogP contribution in [0, 0.1) is 17.8 Å². The van der Waals surface area contributed by atoms with Crippen molar-refractivity contribution in [2.45, 2.75) is 58.8 Å². The Morgan fingerprint density at radius 2 is 1.87 bits per heavy atom. The van der Waals surface area contributed by atoms with Crippen molar-refractivity contribution in [2.24, 2.45) is 17.8 Å². The molecule has 0 spiro atoms. The van der Waals surface area contributed by atoms with Gasteiger partial charge in [-0.1, -0.05) is 45.2 Å². The summed E-state index contributed by atoms with van der Waals surface area (Å²) in [5, 5.41) is 4.98. The van der Waals surface area contributed by atoms with E-state index in [0.29, 0.717) is 18.0 Å². The molecular formula is C23H28N2O5. The summed E-state index contributed by atoms with van der Waals surface area (Å²) in [4.78, 5) is 61.9. The number of imide groups is 1. The molecule has 1 heterocycles. The van der Waals surface area contributed by atoms with Gasteiger partial charge >= 0.3 is 0 Å². The van der Waals surface area contributed by atoms with Crippen LogP contribution >= 0.6 is 0 Å². The zero-order valence-electron chi connectivity index (χ0n) is 17.5. The van der Waals surface area contributed by atoms with Crippen LogP contribution in [0.5, 0.6) is 0 Å². The van der Waals surface area contributed by atoms with Gasteiger partial charge in [0.15, 0.2) is 11.6 Å². The number of amides is 3. The van der Waals surface area contributed by atoms with Gasteiger partial charge in [-0.15, -0.1) is 0 Å². The van der Waals surface area contributed by atoms with Crippen molar-refractivity contribution in [2.75, 3.05) is 5.32 Å². The van der Waals surface area contributed by atoms with E-state index in [4.69, 9.17) is 0 Å². The molecule has 1 saturated heterocycles. The van der Waals surface area contributed by atoms with E-state index < -0.39 is 35.2 Å². The minimum Gasteiger partial charge on any atom is -0.325 e. The monoisotopic (exact) mass is 412 g/mol. The van der Waals surface area contributed by atoms with Gasteiger partial charge in [-0.3, -0.25) is 29.3 Å². The highest BCUT2D eigenvalue weighted by Crippen LogP contribution is 2.38. The molecule has 1 aromatic rings. The molecule has 1 aromatic carbocycles. The van der Waals surface area contributed by atoms with Crippen LogP contribution in [0.4, 0.5) is 5.69 Å². The Morgan fingerprint density at radius 3 is 2.57 bits per heavy atom. The van der Waals surface area contributed by atoms with Gasteiger partial charge in [-0.25, -0.2) is 0 Å². The number of hydrogen-bond donors (Lipinski definition) is 2. The number of fused-ring (bicyclic) bond motifs is 1. The van der Waals surface area contributed by atoms with Crippen molar-refractivity contribution < 1.29 is 24.0 Å². The highest BCUT2D eigenvalue weighted by atomic mass is 16.2. The predicted molar refractivity (Wildman–Crippen MR) is 111 cm³/mol. The smallest absolute Gasteiger partial charge is 0.230 e. The summed E-state index contributed by atoms with van der Waals surface area (Å²) in [5.41, 5.74) is 0.711. The minimum atomic E-state index is -1.14. The lowest BCUT2D eigenvalue weighted by Gasteiger charge is -2.24. The van der Waals surface area contributed by atoms with Crippen molar-refractivity contribution in [3.63, 3.8) is 0 Å². The van der Waals surface area contributed by atoms with E-state index in [0.717, 1.165) is 25.7 Å². The quantitative estimate of drug-likeness (QED) is 0.387. The van der Waals surface area contributed by atoms with Crippen LogP contribution in [0.3, 0.4) is 0 Å². The molecule has 1 aliphatic carbocycles. The highest BCUT2D eigenvalue weighted by Gasteiger charge is 2.48. The van der Waals surface area contributed by atoms with Crippen molar-refractivity contribution in [3.05, 3.63) is 29.3 Å². The number of nitrogens with one attached hydrogen (secondary N) is 2. The molecule has 7 heteroatoms. The predicted octanol–water partition coefficient (Wildman–Crippen LogP) is 3.28. The highest BCUT2D eigenvalue weighted by molar-refractivity contribution is 6.30. The van der Waals surface area contributed by atoms with Gasteiger partial charge in [0.2, 0.25) is 17.7 Å². The van der Waals surface area contributed by atoms with E-state index in [1.807, 2.05) is 0 Å². The Labute approximate surface area is 176 Å². The Balaban J connectivity index is 1.68. The van der Waals surface area contributed by atoms with Crippen LogP contribution in [-0.2, 0) is 14.4 Å². The summed E-state index contributed by atoms with van der Waals surface area (Å²) >= 11 is 0. The molecule has 0 bridgehead atoms. The molecule has 2 N–H and O–H groups in total. The van der Waals surface area contributed by atoms with Crippen LogP contribution in [0.25, 0.3) is 0 Å². The van der Waals surface area contributed by atoms with E-state index in [2.05, 4.69) is 24.5 Å². The average Bonchev–Trinajstić information content (AvgIpc) is 2.93. The number of hydrogen-bond acceptors (Lipinski definition) is 5. The number of unbranched alkanes of at least 4 members (excludes halogenated alkanes) is 2. The second kappa shape index (κ2) is 9.32. The first-order valence-corrected chi connectivity index (χ1v) is 10.6. The molecule has 2 unspecified atom stereocenters. The van der Waals surface area contributed by atoms with Crippen LogP contribution < -0.4 is 10.6 Å². The number of carbonyl (C=O) groups excluding carboxylic acids is 5. The van der Waals surface area contributed by atoms with E-state index >= 15 is 0 Å². The largest absolute Gasteiger partial charge is 0.325 e. The van der Waals surface area contributed by atoms with Crippen LogP contribution in [-0.4, -0.2) is 29.3 Å². The zero-order valence-corrected chi connectivity index (χ0v) is 17.5. The fourth-order valence-corrected chi connectivity index (χ4v) is 4.19. The molecule has 7 nitrogen and oxygen atoms in total. The van der Waals surface area contributed by atoms with Gasteiger partial charge in [-0.05, 0) is 24.8 Å². The number of piperidine rings is 1. The van der Waals surface area contributed by atoms with Gasteiger partial charge in [0, 0.05) is 18.4 Å². The maximum atomic E-state index is 13.1. The van der Waals surface area contributed by atoms with Gasteiger partial charge < -0.3 is 5.32 Å². The summed E-state index contributed by atoms with van der Waals surface area (Å²) < 4.78 is 0. The number of rotatable bonds is 8. The number of ketones is 2. The molecule has 3 amide bonds. The van der Waals surface area contributed by atoms with Crippen LogP contribution in [0.15, 0.2) is 18.2 Å². The lowest BCUT2D eigenvalue weighted by atomic mass is 9.82. The second-order valence-corrected chi connectivity index (χ2v) is 8.53. The lowest BCUT2D eigenvalue weighted by Crippen LogP contribution is -2.46. The summed E-state index contributed by atoms with van der Waals surface area (Å²) in [6, 6.07) is 4.77. The maximum Gasteiger partial charge on any atom is 0.230 e. The number of carbonyl (C=O) groups is 5. The molecule has 160 valence electrons. The third-order valence-corrected chi connectivity index (χ3v) is 5.78. The molecule has 1 aliphatic heterocycles. The molecule has 2 aliphatic rings. The fourth-order valence-electron chi connectivity index (χ4n) is 4.19. The zero-order chi connectivity index (χ0) is 21.8. The summed E-state index contributed by atoms with van der Waals surface area (Å²) in [7, 11) is 0. The van der Waals surface area contributed by atoms with Crippen molar-refractivity contribution in [1.82, 2.24) is 5.32 Å². The Bertz CT molecular complexity index is 890. The summed E-state index contributed by atoms with van der Waals surface area (Å²) in [6.07, 6.45) is 4.55. The second-order valence-electron chi connectivity index (χ2n) is 8.53. The van der Waals surface area contributed by atoms with Crippen molar-refractivity contribution in [1.29, 1.82) is 0 Å². The Kier molecular flexibility index (Phi) is 6.80. The Hall–Kier alpha value is -2.83. The summed E-state index contributed by atoms with van der Waals surface area (Å²) in [6.45, 7) is 4.34. The third kappa shape index (κ3) is 4.66. The number of benzene rings is 1. The first-order chi connectivity index (χ1) is 14.3. The molecule has 0 saturated carbocycles. The van der Waals surface area contributed by atoms with Crippen LogP contribution in [0.2, 0.25) is 0 Å². The SMILES string of the molecule is CC(C)CCCCCC(=O)Nc1cccc2c1C(=O)C(C1CCC(=O)NC1=O)C2=O. The van der Waals surface area contributed by atoms with E-state index in [1.54, 1.807) is 18.2 Å². The van der Waals surface area contributed by atoms with E-state index in [1.165, 1.54) is 0 Å². The first kappa shape index (κ1) is 21.9. The van der Waals surface area contributed by atoms with E-state index in [-0.39, 0.29) is 29.9 Å². The van der Waals surface area contributed by atoms with Gasteiger partial charge in [0.05, 0.1) is 23.1 Å². The van der Waals surface area contributed by atoms with Crippen molar-refractivity contribution >= 4 is 35.0 Å². The van der Waals surface area contributed by atoms with Gasteiger partial charge in [0.1, 0.15) is 0 Å². The van der Waals surface area contributed by atoms with Gasteiger partial charge in [0.25, 0.3) is 0 Å². The standard InChI is InChI=1S/C23H28N2O5/c1-13(2)7-4-3-5-10-17(26)24-16-9-6-8-14-19(16)22(29)20(21(14)28)15-11-12-18(27)25-23(15)30/h6,8-9,13,15,20H,3-5,7,10-12H2,1-2H3,(H,24,26)(H,25,27,30). The van der Waals surface area contributed by atoms with Crippen LogP contribution in [0.1, 0.15) is 79.5 Å². The third-order valence-electron chi connectivity index (χ3n) is 5.78. The normalized spacial score (nSPS) is 21.0. The summed E-state index contributed by atoms with van der Waals surface area (Å²) in [5.74, 6) is -3.41. The number of anilines is 1. The number of Topliss-reactive ketones (excluding diaryl/α,β-unsaturated/α-hetero) is 2.